The highest BCUT2D eigenvalue weighted by Crippen LogP contribution is 2.39. The number of aliphatic carboxylic acids is 2. The van der Waals surface area contributed by atoms with Crippen molar-refractivity contribution in [2.45, 2.75) is 24.1 Å². The van der Waals surface area contributed by atoms with Crippen LogP contribution in [0, 0.1) is 0 Å². The molecule has 1 saturated heterocycles. The van der Waals surface area contributed by atoms with Crippen molar-refractivity contribution in [3.05, 3.63) is 42.0 Å². The molecule has 1 fully saturated rings. The van der Waals surface area contributed by atoms with Crippen molar-refractivity contribution in [3.8, 4) is 0 Å². The number of nitrogens with two attached hydrogens (primary N) is 1. The first kappa shape index (κ1) is 21.6. The molecule has 4 heterocycles. The molecule has 4 rings (SSSR count). The van der Waals surface area contributed by atoms with Crippen LogP contribution in [-0.4, -0.2) is 60.8 Å². The van der Waals surface area contributed by atoms with E-state index in [1.807, 2.05) is 22.9 Å². The minimum absolute atomic E-state index is 0.0659. The molecule has 2 aliphatic rings. The van der Waals surface area contributed by atoms with Crippen LogP contribution in [0.15, 0.2) is 42.0 Å². The summed E-state index contributed by atoms with van der Waals surface area (Å²) in [5.74, 6) is -3.89. The number of carboxylic acid groups (broad SMARTS) is 2. The van der Waals surface area contributed by atoms with Crippen molar-refractivity contribution < 1.29 is 42.3 Å². The van der Waals surface area contributed by atoms with Crippen LogP contribution in [0.3, 0.4) is 0 Å². The van der Waals surface area contributed by atoms with Gasteiger partial charge in [0.2, 0.25) is 5.91 Å². The number of hydrogen-bond donors (Lipinski definition) is 2. The molecule has 0 aliphatic carbocycles. The fourth-order valence-corrected chi connectivity index (χ4v) is 4.26. The van der Waals surface area contributed by atoms with Crippen LogP contribution in [0.5, 0.6) is 0 Å². The number of hydrogen-bond acceptors (Lipinski definition) is 7. The van der Waals surface area contributed by atoms with E-state index in [0.717, 1.165) is 5.65 Å². The molecular weight excluding hydrogens is 431 g/mol. The third kappa shape index (κ3) is 3.95. The van der Waals surface area contributed by atoms with Crippen molar-refractivity contribution in [1.29, 1.82) is 0 Å². The summed E-state index contributed by atoms with van der Waals surface area (Å²) in [6, 6.07) is 3.11. The van der Waals surface area contributed by atoms with Crippen LogP contribution in [0.25, 0.3) is 5.65 Å². The highest BCUT2D eigenvalue weighted by atomic mass is 32.2. The van der Waals surface area contributed by atoms with E-state index >= 15 is 0 Å². The largest absolute Gasteiger partial charge is 0.542 e. The van der Waals surface area contributed by atoms with E-state index in [2.05, 4.69) is 5.10 Å². The summed E-state index contributed by atoms with van der Waals surface area (Å²) < 4.78 is 35.2. The number of β-lactam (4-membered cyclic amide) rings is 1. The van der Waals surface area contributed by atoms with Crippen LogP contribution in [0.4, 0.5) is 13.2 Å². The lowest BCUT2D eigenvalue weighted by atomic mass is 10.0. The summed E-state index contributed by atoms with van der Waals surface area (Å²) in [7, 11) is 0. The molecule has 0 aromatic carbocycles. The van der Waals surface area contributed by atoms with Gasteiger partial charge in [0, 0.05) is 17.4 Å². The van der Waals surface area contributed by atoms with Gasteiger partial charge in [-0.1, -0.05) is 5.10 Å². The Bertz CT molecular complexity index is 1050. The summed E-state index contributed by atoms with van der Waals surface area (Å²) in [5, 5.41) is 22.3. The van der Waals surface area contributed by atoms with Gasteiger partial charge in [-0.05, 0) is 6.07 Å². The highest BCUT2D eigenvalue weighted by molar-refractivity contribution is 8.00. The first-order chi connectivity index (χ1) is 14.0. The van der Waals surface area contributed by atoms with Crippen LogP contribution < -0.4 is 15.4 Å². The Balaban J connectivity index is 0.000000318. The second-order valence-electron chi connectivity index (χ2n) is 6.23. The van der Waals surface area contributed by atoms with Gasteiger partial charge in [-0.3, -0.25) is 9.69 Å². The zero-order valence-corrected chi connectivity index (χ0v) is 15.8. The quantitative estimate of drug-likeness (QED) is 0.429. The maximum Gasteiger partial charge on any atom is 0.430 e. The second kappa shape index (κ2) is 7.95. The van der Waals surface area contributed by atoms with Crippen LogP contribution in [0.1, 0.15) is 0 Å². The zero-order valence-electron chi connectivity index (χ0n) is 14.9. The molecular formula is C16H14F3N5O5S. The van der Waals surface area contributed by atoms with E-state index in [1.165, 1.54) is 16.7 Å². The Kier molecular flexibility index (Phi) is 5.72. The van der Waals surface area contributed by atoms with Crippen LogP contribution in [-0.2, 0) is 20.9 Å². The normalized spacial score (nSPS) is 20.9. The Hall–Kier alpha value is -3.13. The smallest absolute Gasteiger partial charge is 0.430 e. The fourth-order valence-electron chi connectivity index (χ4n) is 2.98. The molecule has 160 valence electrons. The molecule has 0 unspecified atom stereocenters. The number of fused-ring (bicyclic) bond motifs is 2. The van der Waals surface area contributed by atoms with Crippen molar-refractivity contribution in [2.24, 2.45) is 5.73 Å². The van der Waals surface area contributed by atoms with E-state index in [0.29, 0.717) is 17.9 Å². The third-order valence-corrected chi connectivity index (χ3v) is 5.68. The molecule has 2 aromatic rings. The minimum atomic E-state index is -5.19. The monoisotopic (exact) mass is 445 g/mol. The summed E-state index contributed by atoms with van der Waals surface area (Å²) in [5.41, 5.74) is 7.36. The molecule has 14 heteroatoms. The Morgan fingerprint density at radius 3 is 2.70 bits per heavy atom. The number of carboxylic acids is 2. The average Bonchev–Trinajstić information content (AvgIpc) is 3.09. The number of halogens is 3. The molecule has 2 atom stereocenters. The SMILES string of the molecule is N[C@@H]1C(=O)N2C(C(=O)O)=C(C[n+]3ccn4ncccc43)CS[C@H]12.O=C([O-])C(F)(F)F. The zero-order chi connectivity index (χ0) is 22.2. The molecule has 0 bridgehead atoms. The number of nitrogens with zero attached hydrogens (tertiary/aromatic N) is 4. The van der Waals surface area contributed by atoms with E-state index < -0.39 is 24.2 Å². The van der Waals surface area contributed by atoms with Gasteiger partial charge in [-0.15, -0.1) is 16.3 Å². The molecule has 30 heavy (non-hydrogen) atoms. The number of aromatic nitrogens is 3. The van der Waals surface area contributed by atoms with Crippen LogP contribution in [0.2, 0.25) is 0 Å². The average molecular weight is 445 g/mol. The first-order valence-corrected chi connectivity index (χ1v) is 9.32. The van der Waals surface area contributed by atoms with Crippen molar-refractivity contribution in [1.82, 2.24) is 14.5 Å². The second-order valence-corrected chi connectivity index (χ2v) is 7.34. The fraction of sp³-hybridized carbons (Fsp3) is 0.312. The third-order valence-electron chi connectivity index (χ3n) is 4.32. The summed E-state index contributed by atoms with van der Waals surface area (Å²) in [4.78, 5) is 33.7. The van der Waals surface area contributed by atoms with Gasteiger partial charge in [0.25, 0.3) is 0 Å². The predicted octanol–water partition coefficient (Wildman–Crippen LogP) is -1.50. The first-order valence-electron chi connectivity index (χ1n) is 8.28. The van der Waals surface area contributed by atoms with Gasteiger partial charge in [0.05, 0.1) is 6.20 Å². The van der Waals surface area contributed by atoms with E-state index in [-0.39, 0.29) is 17.0 Å². The number of rotatable bonds is 3. The summed E-state index contributed by atoms with van der Waals surface area (Å²) >= 11 is 1.50. The summed E-state index contributed by atoms with van der Waals surface area (Å²) in [6.07, 6.45) is 0.134. The van der Waals surface area contributed by atoms with E-state index in [9.17, 15) is 27.9 Å². The van der Waals surface area contributed by atoms with Crippen molar-refractivity contribution in [3.63, 3.8) is 0 Å². The lowest BCUT2D eigenvalue weighted by Crippen LogP contribution is -2.68. The molecule has 2 aromatic heterocycles. The van der Waals surface area contributed by atoms with E-state index in [4.69, 9.17) is 15.6 Å². The maximum absolute atomic E-state index is 11.9. The highest BCUT2D eigenvalue weighted by Gasteiger charge is 2.51. The number of imidazole rings is 1. The van der Waals surface area contributed by atoms with Gasteiger partial charge in [-0.25, -0.2) is 9.36 Å². The lowest BCUT2D eigenvalue weighted by molar-refractivity contribution is -0.662. The van der Waals surface area contributed by atoms with Gasteiger partial charge < -0.3 is 20.7 Å². The topological polar surface area (TPSA) is 145 Å². The Labute approximate surface area is 170 Å². The Morgan fingerprint density at radius 2 is 2.10 bits per heavy atom. The molecule has 0 saturated carbocycles. The molecule has 10 nitrogen and oxygen atoms in total. The lowest BCUT2D eigenvalue weighted by Gasteiger charge is -2.47. The summed E-state index contributed by atoms with van der Waals surface area (Å²) in [6.45, 7) is 0.391. The van der Waals surface area contributed by atoms with Gasteiger partial charge >= 0.3 is 17.8 Å². The molecule has 2 aliphatic heterocycles. The van der Waals surface area contributed by atoms with Crippen molar-refractivity contribution >= 4 is 35.3 Å². The number of carbonyl (C=O) groups is 3. The molecule has 1 amide bonds. The van der Waals surface area contributed by atoms with E-state index in [1.54, 1.807) is 16.9 Å². The number of thioether (sulfide) groups is 1. The molecule has 0 radical (unpaired) electrons. The number of amides is 1. The van der Waals surface area contributed by atoms with Gasteiger partial charge in [0.15, 0.2) is 6.20 Å². The van der Waals surface area contributed by atoms with Crippen molar-refractivity contribution in [2.75, 3.05) is 5.75 Å². The van der Waals surface area contributed by atoms with Gasteiger partial charge in [-0.2, -0.15) is 13.2 Å². The Morgan fingerprint density at radius 1 is 1.43 bits per heavy atom. The number of alkyl halides is 3. The van der Waals surface area contributed by atoms with Crippen LogP contribution >= 0.6 is 11.8 Å². The maximum atomic E-state index is 11.9. The van der Waals surface area contributed by atoms with Gasteiger partial charge in [0.1, 0.15) is 35.8 Å². The minimum Gasteiger partial charge on any atom is -0.542 e. The standard InChI is InChI=1S/C14H13N5O3S.C2HF3O2/c15-10-12(20)19-11(14(21)22)8(7-23-13(10)19)6-17-4-5-18-9(17)2-1-3-16-18;3-2(4,5)1(6)7/h1-5,10,13H,6-7,15H2;(H,6,7)/t10-,13-;/m1./s1. The predicted molar refractivity (Wildman–Crippen MR) is 92.2 cm³/mol. The number of carbonyl (C=O) groups excluding carboxylic acids is 2. The molecule has 3 N–H and O–H groups in total. The molecule has 0 spiro atoms.